The molecule has 1 aromatic rings. The quantitative estimate of drug-likeness (QED) is 0.748. The fourth-order valence-corrected chi connectivity index (χ4v) is 1.73. The van der Waals surface area contributed by atoms with Crippen molar-refractivity contribution >= 4 is 5.91 Å². The van der Waals surface area contributed by atoms with Crippen molar-refractivity contribution in [3.8, 4) is 5.75 Å². The number of ether oxygens (including phenoxy) is 1. The van der Waals surface area contributed by atoms with E-state index in [-0.39, 0.29) is 17.8 Å². The molecule has 0 heterocycles. The molecule has 0 aromatic heterocycles. The van der Waals surface area contributed by atoms with Crippen molar-refractivity contribution < 1.29 is 13.9 Å². The molecule has 0 bridgehead atoms. The standard InChI is InChI=1S/C15H21FN2O2/c1-4-7-18-15(19)11(3)20-14-6-5-13(16)9-12(14)8-10(2)17/h4-6,9-11H,1,7-8,17H2,2-3H3,(H,18,19). The maximum atomic E-state index is 13.3. The number of halogens is 1. The smallest absolute Gasteiger partial charge is 0.261 e. The first-order chi connectivity index (χ1) is 9.43. The normalized spacial score (nSPS) is 13.4. The number of nitrogens with two attached hydrogens (primary N) is 1. The summed E-state index contributed by atoms with van der Waals surface area (Å²) in [6, 6.07) is 4.08. The second kappa shape index (κ2) is 7.65. The van der Waals surface area contributed by atoms with Crippen LogP contribution in [0.2, 0.25) is 0 Å². The van der Waals surface area contributed by atoms with Crippen molar-refractivity contribution in [2.75, 3.05) is 6.54 Å². The molecule has 110 valence electrons. The summed E-state index contributed by atoms with van der Waals surface area (Å²) in [6.45, 7) is 7.36. The molecule has 2 unspecified atom stereocenters. The Balaban J connectivity index is 2.80. The minimum Gasteiger partial charge on any atom is -0.481 e. The van der Waals surface area contributed by atoms with Crippen LogP contribution in [0.4, 0.5) is 4.39 Å². The lowest BCUT2D eigenvalue weighted by Crippen LogP contribution is -2.36. The van der Waals surface area contributed by atoms with Gasteiger partial charge in [-0.05, 0) is 44.0 Å². The third kappa shape index (κ3) is 5.01. The molecule has 0 saturated carbocycles. The minimum atomic E-state index is -0.674. The van der Waals surface area contributed by atoms with Crippen molar-refractivity contribution in [2.45, 2.75) is 32.4 Å². The van der Waals surface area contributed by atoms with E-state index in [9.17, 15) is 9.18 Å². The molecular formula is C15H21FN2O2. The summed E-state index contributed by atoms with van der Waals surface area (Å²) < 4.78 is 18.9. The number of carbonyl (C=O) groups excluding carboxylic acids is 1. The van der Waals surface area contributed by atoms with Gasteiger partial charge in [0, 0.05) is 12.6 Å². The molecule has 1 amide bonds. The average Bonchev–Trinajstić information content (AvgIpc) is 2.38. The van der Waals surface area contributed by atoms with Gasteiger partial charge in [0.25, 0.3) is 5.91 Å². The molecule has 0 radical (unpaired) electrons. The molecule has 0 spiro atoms. The Hall–Kier alpha value is -1.88. The number of amides is 1. The van der Waals surface area contributed by atoms with E-state index in [1.165, 1.54) is 18.2 Å². The highest BCUT2D eigenvalue weighted by Gasteiger charge is 2.16. The lowest BCUT2D eigenvalue weighted by molar-refractivity contribution is -0.127. The van der Waals surface area contributed by atoms with Gasteiger partial charge in [-0.1, -0.05) is 6.08 Å². The first-order valence-corrected chi connectivity index (χ1v) is 6.53. The van der Waals surface area contributed by atoms with Crippen LogP contribution >= 0.6 is 0 Å². The van der Waals surface area contributed by atoms with Gasteiger partial charge in [0.1, 0.15) is 11.6 Å². The Morgan fingerprint density at radius 3 is 2.85 bits per heavy atom. The molecular weight excluding hydrogens is 259 g/mol. The van der Waals surface area contributed by atoms with E-state index < -0.39 is 6.10 Å². The monoisotopic (exact) mass is 280 g/mol. The van der Waals surface area contributed by atoms with Crippen molar-refractivity contribution in [2.24, 2.45) is 5.73 Å². The fourth-order valence-electron chi connectivity index (χ4n) is 1.73. The molecule has 0 aliphatic carbocycles. The van der Waals surface area contributed by atoms with E-state index in [4.69, 9.17) is 10.5 Å². The van der Waals surface area contributed by atoms with Crippen LogP contribution in [-0.4, -0.2) is 24.6 Å². The van der Waals surface area contributed by atoms with E-state index >= 15 is 0 Å². The van der Waals surface area contributed by atoms with E-state index in [0.717, 1.165) is 0 Å². The number of benzene rings is 1. The van der Waals surface area contributed by atoms with Gasteiger partial charge >= 0.3 is 0 Å². The Bertz CT molecular complexity index is 475. The van der Waals surface area contributed by atoms with Crippen LogP contribution < -0.4 is 15.8 Å². The van der Waals surface area contributed by atoms with Crippen LogP contribution in [0.3, 0.4) is 0 Å². The van der Waals surface area contributed by atoms with E-state index in [0.29, 0.717) is 24.3 Å². The van der Waals surface area contributed by atoms with Gasteiger partial charge in [-0.3, -0.25) is 4.79 Å². The number of hydrogen-bond donors (Lipinski definition) is 2. The van der Waals surface area contributed by atoms with E-state index in [1.54, 1.807) is 13.0 Å². The number of nitrogens with one attached hydrogen (secondary N) is 1. The number of carbonyl (C=O) groups is 1. The van der Waals surface area contributed by atoms with Crippen molar-refractivity contribution in [3.63, 3.8) is 0 Å². The molecule has 20 heavy (non-hydrogen) atoms. The van der Waals surface area contributed by atoms with Crippen molar-refractivity contribution in [1.29, 1.82) is 0 Å². The SMILES string of the molecule is C=CCNC(=O)C(C)Oc1ccc(F)cc1CC(C)N. The van der Waals surface area contributed by atoms with Gasteiger partial charge in [0.2, 0.25) is 0 Å². The molecule has 0 fully saturated rings. The summed E-state index contributed by atoms with van der Waals surface area (Å²) in [6.07, 6.45) is 1.39. The van der Waals surface area contributed by atoms with Gasteiger partial charge in [-0.15, -0.1) is 6.58 Å². The van der Waals surface area contributed by atoms with Gasteiger partial charge < -0.3 is 15.8 Å². The van der Waals surface area contributed by atoms with Gasteiger partial charge in [0.15, 0.2) is 6.10 Å². The molecule has 1 aromatic carbocycles. The first kappa shape index (κ1) is 16.2. The van der Waals surface area contributed by atoms with Crippen LogP contribution in [0.25, 0.3) is 0 Å². The summed E-state index contributed by atoms with van der Waals surface area (Å²) in [4.78, 5) is 11.7. The Morgan fingerprint density at radius 2 is 2.25 bits per heavy atom. The molecule has 3 N–H and O–H groups in total. The van der Waals surface area contributed by atoms with Gasteiger partial charge in [0.05, 0.1) is 0 Å². The summed E-state index contributed by atoms with van der Waals surface area (Å²) >= 11 is 0. The summed E-state index contributed by atoms with van der Waals surface area (Å²) in [5.41, 5.74) is 6.39. The second-order valence-electron chi connectivity index (χ2n) is 4.73. The molecule has 4 nitrogen and oxygen atoms in total. The zero-order chi connectivity index (χ0) is 15.1. The molecule has 1 rings (SSSR count). The fraction of sp³-hybridized carbons (Fsp3) is 0.400. The first-order valence-electron chi connectivity index (χ1n) is 6.53. The predicted molar refractivity (Wildman–Crippen MR) is 77.1 cm³/mol. The van der Waals surface area contributed by atoms with E-state index in [1.807, 2.05) is 6.92 Å². The molecule has 0 aliphatic heterocycles. The lowest BCUT2D eigenvalue weighted by Gasteiger charge is -2.18. The Morgan fingerprint density at radius 1 is 1.55 bits per heavy atom. The highest BCUT2D eigenvalue weighted by atomic mass is 19.1. The predicted octanol–water partition coefficient (Wildman–Crippen LogP) is 1.78. The highest BCUT2D eigenvalue weighted by Crippen LogP contribution is 2.22. The average molecular weight is 280 g/mol. The van der Waals surface area contributed by atoms with Crippen molar-refractivity contribution in [1.82, 2.24) is 5.32 Å². The molecule has 2 atom stereocenters. The highest BCUT2D eigenvalue weighted by molar-refractivity contribution is 5.80. The van der Waals surface area contributed by atoms with Crippen LogP contribution in [-0.2, 0) is 11.2 Å². The van der Waals surface area contributed by atoms with Gasteiger partial charge in [-0.2, -0.15) is 0 Å². The molecule has 5 heteroatoms. The van der Waals surface area contributed by atoms with Gasteiger partial charge in [-0.25, -0.2) is 4.39 Å². The van der Waals surface area contributed by atoms with Crippen molar-refractivity contribution in [3.05, 3.63) is 42.2 Å². The largest absolute Gasteiger partial charge is 0.481 e. The molecule has 0 aliphatic rings. The minimum absolute atomic E-state index is 0.121. The zero-order valence-electron chi connectivity index (χ0n) is 11.9. The van der Waals surface area contributed by atoms with E-state index in [2.05, 4.69) is 11.9 Å². The van der Waals surface area contributed by atoms with Crippen LogP contribution in [0.1, 0.15) is 19.4 Å². The van der Waals surface area contributed by atoms with Crippen LogP contribution in [0, 0.1) is 5.82 Å². The topological polar surface area (TPSA) is 64.3 Å². The summed E-state index contributed by atoms with van der Waals surface area (Å²) in [7, 11) is 0. The number of rotatable bonds is 7. The zero-order valence-corrected chi connectivity index (χ0v) is 11.9. The lowest BCUT2D eigenvalue weighted by atomic mass is 10.1. The molecule has 0 saturated heterocycles. The van der Waals surface area contributed by atoms with Crippen LogP contribution in [0.5, 0.6) is 5.75 Å². The number of hydrogen-bond acceptors (Lipinski definition) is 3. The van der Waals surface area contributed by atoms with Crippen LogP contribution in [0.15, 0.2) is 30.9 Å². The Labute approximate surface area is 118 Å². The Kier molecular flexibility index (Phi) is 6.18. The third-order valence-electron chi connectivity index (χ3n) is 2.66. The second-order valence-corrected chi connectivity index (χ2v) is 4.73. The third-order valence-corrected chi connectivity index (χ3v) is 2.66. The maximum absolute atomic E-state index is 13.3. The summed E-state index contributed by atoms with van der Waals surface area (Å²) in [5.74, 6) is -0.123. The summed E-state index contributed by atoms with van der Waals surface area (Å²) in [5, 5.41) is 2.64. The maximum Gasteiger partial charge on any atom is 0.261 e.